The van der Waals surface area contributed by atoms with Gasteiger partial charge in [-0.25, -0.2) is 0 Å². The van der Waals surface area contributed by atoms with Gasteiger partial charge in [0, 0.05) is 0 Å². The third kappa shape index (κ3) is 25.0. The number of carbonyl (C=O) groups is 4. The number of carboxylic acids is 2. The second-order valence-electron chi connectivity index (χ2n) is 5.79. The van der Waals surface area contributed by atoms with Crippen LogP contribution < -0.4 is 10.2 Å². The van der Waals surface area contributed by atoms with Crippen molar-refractivity contribution in [2.24, 2.45) is 11.8 Å². The molecule has 2 unspecified atom stereocenters. The summed E-state index contributed by atoms with van der Waals surface area (Å²) in [6.07, 6.45) is 4.79. The number of rotatable bonds is 12. The maximum absolute atomic E-state index is 10.2. The van der Waals surface area contributed by atoms with Crippen LogP contribution in [0, 0.1) is 11.8 Å². The van der Waals surface area contributed by atoms with Gasteiger partial charge in [0.2, 0.25) is 0 Å². The molecule has 0 bridgehead atoms. The Morgan fingerprint density at radius 2 is 1.07 bits per heavy atom. The predicted octanol–water partition coefficient (Wildman–Crippen LogP) is 0.0768. The van der Waals surface area contributed by atoms with Crippen molar-refractivity contribution in [3.8, 4) is 0 Å². The van der Waals surface area contributed by atoms with E-state index in [-0.39, 0.29) is 11.6 Å². The molecular weight excluding hydrogens is 463 g/mol. The molecule has 0 fully saturated rings. The molecule has 27 heavy (non-hydrogen) atoms. The summed E-state index contributed by atoms with van der Waals surface area (Å²) < 4.78 is 10.7. The zero-order valence-corrected chi connectivity index (χ0v) is 20.0. The Balaban J connectivity index is -0.000000327. The van der Waals surface area contributed by atoms with Crippen molar-refractivity contribution in [3.63, 3.8) is 0 Å². The first-order chi connectivity index (χ1) is 12.5. The first-order valence-electron chi connectivity index (χ1n) is 8.93. The molecule has 0 rings (SSSR count). The Labute approximate surface area is 173 Å². The fourth-order valence-electron chi connectivity index (χ4n) is 0.890. The Bertz CT molecular complexity index is 360. The summed E-state index contributed by atoms with van der Waals surface area (Å²) in [5.74, 6) is -5.28. The molecular formula is C18H32O8Sn. The third-order valence-electron chi connectivity index (χ3n) is 3.24. The number of hydrogen-bond donors (Lipinski definition) is 0. The number of carboxylic acid groups (broad SMARTS) is 2. The molecule has 0 radical (unpaired) electrons. The number of ketones is 2. The van der Waals surface area contributed by atoms with Gasteiger partial charge in [0.15, 0.2) is 0 Å². The van der Waals surface area contributed by atoms with E-state index in [4.69, 9.17) is 6.15 Å². The normalized spacial score (nSPS) is 11.5. The first-order valence-corrected chi connectivity index (χ1v) is 11.3. The van der Waals surface area contributed by atoms with Crippen LogP contribution in [-0.2, 0) is 25.3 Å². The van der Waals surface area contributed by atoms with Crippen LogP contribution in [-0.4, -0.2) is 58.7 Å². The first kappa shape index (κ1) is 30.7. The summed E-state index contributed by atoms with van der Waals surface area (Å²) in [4.78, 5) is 39.9. The van der Waals surface area contributed by atoms with E-state index in [9.17, 15) is 29.4 Å². The predicted molar refractivity (Wildman–Crippen MR) is 97.2 cm³/mol. The van der Waals surface area contributed by atoms with Gasteiger partial charge in [-0.2, -0.15) is 0 Å². The standard InChI is InChI=1S/2C5H8O3.2C4H9O.Sn/c2*1-3(4(2)6)5(7)8;2*1-2-3-4-5;/h2*3H,1-2H3,(H,7,8);2*2-4H2,1H3;/q;;2*-1;+4/p-2. The monoisotopic (exact) mass is 496 g/mol. The Kier molecular flexibility index (Phi) is 24.2. The van der Waals surface area contributed by atoms with Crippen LogP contribution in [0.5, 0.6) is 0 Å². The zero-order chi connectivity index (χ0) is 21.8. The molecule has 0 aliphatic rings. The van der Waals surface area contributed by atoms with Gasteiger partial charge in [0.1, 0.15) is 11.6 Å². The summed E-state index contributed by atoms with van der Waals surface area (Å²) in [6.45, 7) is 11.2. The molecule has 0 heterocycles. The van der Waals surface area contributed by atoms with Crippen LogP contribution in [0.2, 0.25) is 0 Å². The molecule has 0 aliphatic carbocycles. The zero-order valence-electron chi connectivity index (χ0n) is 17.2. The fraction of sp³-hybridized carbons (Fsp3) is 0.778. The molecule has 156 valence electrons. The number of aliphatic carboxylic acids is 2. The molecule has 0 saturated carbocycles. The topological polar surface area (TPSA) is 133 Å². The fourth-order valence-corrected chi connectivity index (χ4v) is 2.43. The van der Waals surface area contributed by atoms with Crippen molar-refractivity contribution in [3.05, 3.63) is 0 Å². The van der Waals surface area contributed by atoms with Gasteiger partial charge in [0.25, 0.3) is 0 Å². The van der Waals surface area contributed by atoms with Crippen molar-refractivity contribution in [2.45, 2.75) is 67.2 Å². The van der Waals surface area contributed by atoms with E-state index in [2.05, 4.69) is 13.8 Å². The van der Waals surface area contributed by atoms with E-state index in [0.29, 0.717) is 0 Å². The molecule has 0 aromatic rings. The van der Waals surface area contributed by atoms with Crippen molar-refractivity contribution in [1.29, 1.82) is 0 Å². The molecule has 9 heteroatoms. The van der Waals surface area contributed by atoms with E-state index < -0.39 is 45.7 Å². The van der Waals surface area contributed by atoms with Crippen LogP contribution in [0.15, 0.2) is 0 Å². The van der Waals surface area contributed by atoms with Crippen LogP contribution >= 0.6 is 0 Å². The van der Waals surface area contributed by atoms with E-state index in [1.165, 1.54) is 53.4 Å². The summed E-state index contributed by atoms with van der Waals surface area (Å²) in [5.41, 5.74) is 0. The maximum atomic E-state index is 10.2. The molecule has 0 N–H and O–H groups in total. The summed E-state index contributed by atoms with van der Waals surface area (Å²) in [6, 6.07) is 0. The van der Waals surface area contributed by atoms with Gasteiger partial charge in [-0.05, 0) is 13.8 Å². The van der Waals surface area contributed by atoms with E-state index in [1.807, 2.05) is 0 Å². The SMILES string of the molecule is CC(=O)C(C)C(=O)[O-].CC(=O)C(C)C(=O)[O-].CCCC[O][Sn+2][O]CCCC. The second kappa shape index (κ2) is 21.3. The number of hydrogen-bond acceptors (Lipinski definition) is 8. The van der Waals surface area contributed by atoms with Gasteiger partial charge in [-0.15, -0.1) is 0 Å². The summed E-state index contributed by atoms with van der Waals surface area (Å²) in [7, 11) is 0. The molecule has 0 aromatic heterocycles. The average molecular weight is 495 g/mol. The Hall–Kier alpha value is -1.00. The number of unbranched alkanes of at least 4 members (excludes halogenated alkanes) is 2. The van der Waals surface area contributed by atoms with Crippen molar-refractivity contribution >= 4 is 45.5 Å². The minimum absolute atomic E-state index is 0.370. The van der Waals surface area contributed by atoms with Crippen molar-refractivity contribution < 1.29 is 35.5 Å². The summed E-state index contributed by atoms with van der Waals surface area (Å²) >= 11 is -0.876. The molecule has 0 amide bonds. The third-order valence-corrected chi connectivity index (χ3v) is 5.08. The number of Topliss-reactive ketones (excluding diaryl/α,β-unsaturated/α-hetero) is 2. The molecule has 0 spiro atoms. The van der Waals surface area contributed by atoms with Gasteiger partial charge in [0.05, 0.1) is 23.8 Å². The molecule has 8 nitrogen and oxygen atoms in total. The minimum atomic E-state index is -1.31. The molecule has 0 aromatic carbocycles. The van der Waals surface area contributed by atoms with E-state index in [1.54, 1.807) is 0 Å². The molecule has 2 atom stereocenters. The Morgan fingerprint density at radius 3 is 1.22 bits per heavy atom. The van der Waals surface area contributed by atoms with Crippen molar-refractivity contribution in [1.82, 2.24) is 0 Å². The van der Waals surface area contributed by atoms with Crippen LogP contribution in [0.25, 0.3) is 0 Å². The van der Waals surface area contributed by atoms with Gasteiger partial charge in [-0.1, -0.05) is 13.8 Å². The molecule has 0 aliphatic heterocycles. The molecule has 0 saturated heterocycles. The second-order valence-corrected chi connectivity index (χ2v) is 7.91. The van der Waals surface area contributed by atoms with Crippen LogP contribution in [0.3, 0.4) is 0 Å². The van der Waals surface area contributed by atoms with Crippen LogP contribution in [0.4, 0.5) is 0 Å². The van der Waals surface area contributed by atoms with Gasteiger partial charge in [-0.3, -0.25) is 9.59 Å². The van der Waals surface area contributed by atoms with Crippen molar-refractivity contribution in [2.75, 3.05) is 13.2 Å². The quantitative estimate of drug-likeness (QED) is 0.211. The Morgan fingerprint density at radius 1 is 0.778 bits per heavy atom. The average Bonchev–Trinajstić information content (AvgIpc) is 2.60. The van der Waals surface area contributed by atoms with Gasteiger partial charge < -0.3 is 19.8 Å². The van der Waals surface area contributed by atoms with E-state index >= 15 is 0 Å². The number of carbonyl (C=O) groups excluding carboxylic acids is 4. The van der Waals surface area contributed by atoms with Crippen LogP contribution in [0.1, 0.15) is 67.2 Å². The summed E-state index contributed by atoms with van der Waals surface area (Å²) in [5, 5.41) is 19.6. The van der Waals surface area contributed by atoms with Gasteiger partial charge >= 0.3 is 80.9 Å². The van der Waals surface area contributed by atoms with E-state index in [0.717, 1.165) is 13.2 Å².